The van der Waals surface area contributed by atoms with Crippen molar-refractivity contribution in [2.24, 2.45) is 0 Å². The highest BCUT2D eigenvalue weighted by Gasteiger charge is 2.33. The number of ether oxygens (including phenoxy) is 2. The van der Waals surface area contributed by atoms with Crippen LogP contribution in [0.15, 0.2) is 12.1 Å². The summed E-state index contributed by atoms with van der Waals surface area (Å²) < 4.78 is 24.3. The number of hydrogen-bond donors (Lipinski definition) is 1. The molecule has 0 aliphatic carbocycles. The van der Waals surface area contributed by atoms with Gasteiger partial charge in [0.2, 0.25) is 0 Å². The lowest BCUT2D eigenvalue weighted by atomic mass is 10.1. The third-order valence-electron chi connectivity index (χ3n) is 3.82. The lowest BCUT2D eigenvalue weighted by Gasteiger charge is -2.17. The van der Waals surface area contributed by atoms with Crippen LogP contribution in [0.1, 0.15) is 22.8 Å². The fourth-order valence-electron chi connectivity index (χ4n) is 2.69. The largest absolute Gasteiger partial charge is 0.507 e. The Bertz CT molecular complexity index is 523. The van der Waals surface area contributed by atoms with E-state index in [9.17, 15) is 14.3 Å². The van der Waals surface area contributed by atoms with E-state index in [0.717, 1.165) is 6.07 Å². The molecule has 1 heterocycles. The number of carbonyl (C=O) groups is 1. The standard InChI is InChI=1S/C15H20FNO4/c1-9(18)12-5-11(16)4-10(15(12)19)6-17-7-13(20-2)14(8-17)21-3/h4-5,13-14,19H,6-8H2,1-3H3. The van der Waals surface area contributed by atoms with Crippen molar-refractivity contribution < 1.29 is 23.8 Å². The molecular weight excluding hydrogens is 277 g/mol. The second kappa shape index (κ2) is 6.51. The van der Waals surface area contributed by atoms with Crippen LogP contribution in [0.5, 0.6) is 5.75 Å². The number of carbonyl (C=O) groups excluding carboxylic acids is 1. The van der Waals surface area contributed by atoms with Gasteiger partial charge < -0.3 is 14.6 Å². The predicted octanol–water partition coefficient (Wildman–Crippen LogP) is 1.58. The van der Waals surface area contributed by atoms with Crippen LogP contribution in [0.2, 0.25) is 0 Å². The highest BCUT2D eigenvalue weighted by atomic mass is 19.1. The fourth-order valence-corrected chi connectivity index (χ4v) is 2.69. The maximum absolute atomic E-state index is 13.6. The number of benzene rings is 1. The molecule has 1 aliphatic rings. The second-order valence-corrected chi connectivity index (χ2v) is 5.26. The van der Waals surface area contributed by atoms with Gasteiger partial charge in [0.05, 0.1) is 17.8 Å². The number of aromatic hydroxyl groups is 1. The fraction of sp³-hybridized carbons (Fsp3) is 0.533. The number of ketones is 1. The molecule has 1 aromatic rings. The molecule has 1 aromatic carbocycles. The third-order valence-corrected chi connectivity index (χ3v) is 3.82. The molecule has 1 saturated heterocycles. The van der Waals surface area contributed by atoms with Crippen LogP contribution < -0.4 is 0 Å². The van der Waals surface area contributed by atoms with E-state index in [1.165, 1.54) is 13.0 Å². The van der Waals surface area contributed by atoms with Crippen LogP contribution in [0.25, 0.3) is 0 Å². The van der Waals surface area contributed by atoms with Gasteiger partial charge in [0.1, 0.15) is 11.6 Å². The Hall–Kier alpha value is -1.50. The van der Waals surface area contributed by atoms with Crippen LogP contribution in [0.4, 0.5) is 4.39 Å². The summed E-state index contributed by atoms with van der Waals surface area (Å²) in [6.45, 7) is 2.89. The molecule has 1 aliphatic heterocycles. The summed E-state index contributed by atoms with van der Waals surface area (Å²) in [7, 11) is 3.24. The predicted molar refractivity (Wildman–Crippen MR) is 74.9 cm³/mol. The summed E-state index contributed by atoms with van der Waals surface area (Å²) in [4.78, 5) is 13.4. The smallest absolute Gasteiger partial charge is 0.163 e. The second-order valence-electron chi connectivity index (χ2n) is 5.26. The SMILES string of the molecule is COC1CN(Cc2cc(F)cc(C(C)=O)c2O)CC1OC. The molecule has 1 fully saturated rings. The van der Waals surface area contributed by atoms with Gasteiger partial charge in [-0.15, -0.1) is 0 Å². The van der Waals surface area contributed by atoms with E-state index < -0.39 is 5.82 Å². The molecule has 116 valence electrons. The van der Waals surface area contributed by atoms with Gasteiger partial charge in [0.15, 0.2) is 5.78 Å². The Morgan fingerprint density at radius 3 is 2.38 bits per heavy atom. The van der Waals surface area contributed by atoms with E-state index in [-0.39, 0.29) is 29.3 Å². The molecule has 0 radical (unpaired) electrons. The average molecular weight is 297 g/mol. The molecule has 1 N–H and O–H groups in total. The molecule has 2 atom stereocenters. The molecule has 6 heteroatoms. The normalized spacial score (nSPS) is 22.7. The van der Waals surface area contributed by atoms with E-state index in [1.54, 1.807) is 14.2 Å². The third kappa shape index (κ3) is 3.40. The number of halogens is 1. The van der Waals surface area contributed by atoms with Crippen molar-refractivity contribution in [2.45, 2.75) is 25.7 Å². The number of Topliss-reactive ketones (excluding diaryl/α,β-unsaturated/α-hetero) is 1. The summed E-state index contributed by atoms with van der Waals surface area (Å²) in [6, 6.07) is 2.31. The van der Waals surface area contributed by atoms with Gasteiger partial charge in [-0.1, -0.05) is 0 Å². The van der Waals surface area contributed by atoms with Gasteiger partial charge in [-0.3, -0.25) is 9.69 Å². The first-order valence-corrected chi connectivity index (χ1v) is 6.76. The highest BCUT2D eigenvalue weighted by Crippen LogP contribution is 2.28. The van der Waals surface area contributed by atoms with Crippen molar-refractivity contribution in [2.75, 3.05) is 27.3 Å². The van der Waals surface area contributed by atoms with Gasteiger partial charge >= 0.3 is 0 Å². The van der Waals surface area contributed by atoms with Crippen molar-refractivity contribution in [1.82, 2.24) is 4.90 Å². The minimum absolute atomic E-state index is 0.00998. The highest BCUT2D eigenvalue weighted by molar-refractivity contribution is 5.97. The minimum Gasteiger partial charge on any atom is -0.507 e. The summed E-state index contributed by atoms with van der Waals surface area (Å²) in [5.74, 6) is -1.04. The number of phenolic OH excluding ortho intramolecular Hbond substituents is 1. The zero-order valence-electron chi connectivity index (χ0n) is 12.4. The van der Waals surface area contributed by atoms with Crippen LogP contribution in [0.3, 0.4) is 0 Å². The van der Waals surface area contributed by atoms with Crippen molar-refractivity contribution in [3.8, 4) is 5.75 Å². The quantitative estimate of drug-likeness (QED) is 0.836. The summed E-state index contributed by atoms with van der Waals surface area (Å²) >= 11 is 0. The molecule has 0 amide bonds. The van der Waals surface area contributed by atoms with Gasteiger partial charge in [-0.05, 0) is 19.1 Å². The molecule has 0 saturated carbocycles. The summed E-state index contributed by atoms with van der Waals surface area (Å²) in [5.41, 5.74) is 0.405. The van der Waals surface area contributed by atoms with E-state index in [0.29, 0.717) is 25.2 Å². The Morgan fingerprint density at radius 2 is 1.90 bits per heavy atom. The zero-order chi connectivity index (χ0) is 15.6. The molecule has 21 heavy (non-hydrogen) atoms. The summed E-state index contributed by atoms with van der Waals surface area (Å²) in [6.07, 6.45) is -0.115. The van der Waals surface area contributed by atoms with E-state index >= 15 is 0 Å². The first-order chi connectivity index (χ1) is 9.96. The van der Waals surface area contributed by atoms with Crippen molar-refractivity contribution in [3.05, 3.63) is 29.1 Å². The van der Waals surface area contributed by atoms with Crippen molar-refractivity contribution in [3.63, 3.8) is 0 Å². The van der Waals surface area contributed by atoms with Gasteiger partial charge in [0, 0.05) is 39.4 Å². The zero-order valence-corrected chi connectivity index (χ0v) is 12.4. The maximum Gasteiger partial charge on any atom is 0.163 e. The molecule has 0 spiro atoms. The number of nitrogens with zero attached hydrogens (tertiary/aromatic N) is 1. The number of phenols is 1. The van der Waals surface area contributed by atoms with Crippen LogP contribution in [-0.4, -0.2) is 55.3 Å². The van der Waals surface area contributed by atoms with Gasteiger partial charge in [-0.25, -0.2) is 4.39 Å². The molecule has 5 nitrogen and oxygen atoms in total. The average Bonchev–Trinajstić information content (AvgIpc) is 2.84. The first-order valence-electron chi connectivity index (χ1n) is 6.76. The Morgan fingerprint density at radius 1 is 1.33 bits per heavy atom. The Balaban J connectivity index is 2.19. The van der Waals surface area contributed by atoms with Crippen molar-refractivity contribution >= 4 is 5.78 Å². The van der Waals surface area contributed by atoms with Gasteiger partial charge in [0.25, 0.3) is 0 Å². The van der Waals surface area contributed by atoms with E-state index in [1.807, 2.05) is 4.90 Å². The molecular formula is C15H20FNO4. The maximum atomic E-state index is 13.6. The van der Waals surface area contributed by atoms with Crippen LogP contribution in [-0.2, 0) is 16.0 Å². The minimum atomic E-state index is -0.529. The number of rotatable bonds is 5. The molecule has 0 bridgehead atoms. The van der Waals surface area contributed by atoms with Crippen LogP contribution in [0, 0.1) is 5.82 Å². The monoisotopic (exact) mass is 297 g/mol. The number of methoxy groups -OCH3 is 2. The van der Waals surface area contributed by atoms with Crippen LogP contribution >= 0.6 is 0 Å². The Kier molecular flexibility index (Phi) is 4.92. The molecule has 2 unspecified atom stereocenters. The van der Waals surface area contributed by atoms with E-state index in [2.05, 4.69) is 0 Å². The number of hydrogen-bond acceptors (Lipinski definition) is 5. The van der Waals surface area contributed by atoms with Gasteiger partial charge in [-0.2, -0.15) is 0 Å². The first kappa shape index (κ1) is 15.9. The lowest BCUT2D eigenvalue weighted by Crippen LogP contribution is -2.27. The topological polar surface area (TPSA) is 59.0 Å². The lowest BCUT2D eigenvalue weighted by molar-refractivity contribution is -0.00461. The molecule has 0 aromatic heterocycles. The molecule has 2 rings (SSSR count). The Labute approximate surface area is 123 Å². The van der Waals surface area contributed by atoms with Crippen molar-refractivity contribution in [1.29, 1.82) is 0 Å². The van der Waals surface area contributed by atoms with E-state index in [4.69, 9.17) is 9.47 Å². The number of likely N-dealkylation sites (tertiary alicyclic amines) is 1. The summed E-state index contributed by atoms with van der Waals surface area (Å²) in [5, 5.41) is 10.1.